The quantitative estimate of drug-likeness (QED) is 0.701. The molecule has 0 aliphatic rings. The van der Waals surface area contributed by atoms with E-state index in [9.17, 15) is 4.79 Å². The van der Waals surface area contributed by atoms with Crippen LogP contribution in [0, 0.1) is 6.92 Å². The van der Waals surface area contributed by atoms with E-state index in [1.165, 1.54) is 11.1 Å². The van der Waals surface area contributed by atoms with Crippen LogP contribution < -0.4 is 10.2 Å². The van der Waals surface area contributed by atoms with Gasteiger partial charge >= 0.3 is 0 Å². The lowest BCUT2D eigenvalue weighted by Gasteiger charge is -2.24. The number of anilines is 1. The molecule has 25 heavy (non-hydrogen) atoms. The van der Waals surface area contributed by atoms with E-state index in [1.807, 2.05) is 61.5 Å². The van der Waals surface area contributed by atoms with Gasteiger partial charge in [-0.05, 0) is 35.9 Å². The van der Waals surface area contributed by atoms with Gasteiger partial charge in [0.15, 0.2) is 6.04 Å². The molecule has 2 N–H and O–H groups in total. The van der Waals surface area contributed by atoms with Crippen LogP contribution in [-0.2, 0) is 11.3 Å². The molecule has 3 nitrogen and oxygen atoms in total. The first-order valence-electron chi connectivity index (χ1n) is 8.39. The number of thiophene rings is 1. The van der Waals surface area contributed by atoms with Crippen molar-refractivity contribution in [1.29, 1.82) is 0 Å². The molecule has 0 spiro atoms. The summed E-state index contributed by atoms with van der Waals surface area (Å²) in [6.45, 7) is 2.85. The third kappa shape index (κ3) is 4.56. The number of aryl methyl sites for hydroxylation is 1. The lowest BCUT2D eigenvalue weighted by molar-refractivity contribution is -0.915. The lowest BCUT2D eigenvalue weighted by Crippen LogP contribution is -3.09. The van der Waals surface area contributed by atoms with Crippen LogP contribution in [-0.4, -0.2) is 13.0 Å². The Morgan fingerprint density at radius 1 is 1.08 bits per heavy atom. The largest absolute Gasteiger partial charge is 0.321 e. The summed E-state index contributed by atoms with van der Waals surface area (Å²) in [5.41, 5.74) is 4.30. The maximum Gasteiger partial charge on any atom is 0.287 e. The van der Waals surface area contributed by atoms with Gasteiger partial charge in [0.25, 0.3) is 5.91 Å². The fraction of sp³-hybridized carbons (Fsp3) is 0.190. The molecular formula is C21H23N2OS+. The molecule has 4 heteroatoms. The number of hydrogen-bond donors (Lipinski definition) is 2. The molecule has 1 unspecified atom stereocenters. The Kier molecular flexibility index (Phi) is 5.64. The monoisotopic (exact) mass is 351 g/mol. The Bertz CT molecular complexity index is 798. The summed E-state index contributed by atoms with van der Waals surface area (Å²) >= 11 is 1.69. The molecule has 3 aromatic rings. The van der Waals surface area contributed by atoms with Crippen molar-refractivity contribution >= 4 is 22.9 Å². The fourth-order valence-electron chi connectivity index (χ4n) is 2.97. The van der Waals surface area contributed by atoms with E-state index < -0.39 is 0 Å². The average molecular weight is 351 g/mol. The zero-order valence-corrected chi connectivity index (χ0v) is 15.3. The molecule has 128 valence electrons. The maximum absolute atomic E-state index is 13.0. The average Bonchev–Trinajstić information content (AvgIpc) is 3.11. The van der Waals surface area contributed by atoms with Crippen molar-refractivity contribution in [3.05, 3.63) is 88.1 Å². The van der Waals surface area contributed by atoms with Crippen molar-refractivity contribution < 1.29 is 9.69 Å². The summed E-state index contributed by atoms with van der Waals surface area (Å²) in [5, 5.41) is 7.29. The Labute approximate surface area is 152 Å². The predicted molar refractivity (Wildman–Crippen MR) is 104 cm³/mol. The standard InChI is InChI=1S/C21H22N2OS/c1-16-8-10-19(11-9-16)22-21(24)20(18-6-4-3-5-7-18)23(2)14-17-12-13-25-15-17/h3-13,15,20H,14H2,1-2H3,(H,22,24)/p+1/t20-/m1/s1. The second-order valence-corrected chi connectivity index (χ2v) is 7.13. The van der Waals surface area contributed by atoms with Crippen molar-refractivity contribution in [3.63, 3.8) is 0 Å². The second kappa shape index (κ2) is 8.10. The molecule has 0 saturated carbocycles. The molecule has 0 radical (unpaired) electrons. The summed E-state index contributed by atoms with van der Waals surface area (Å²) in [7, 11) is 2.07. The van der Waals surface area contributed by atoms with Crippen molar-refractivity contribution in [2.45, 2.75) is 19.5 Å². The molecule has 1 heterocycles. The van der Waals surface area contributed by atoms with Crippen LogP contribution in [0.1, 0.15) is 22.7 Å². The SMILES string of the molecule is Cc1ccc(NC(=O)[C@@H](c2ccccc2)[NH+](C)Cc2ccsc2)cc1. The van der Waals surface area contributed by atoms with Gasteiger partial charge in [-0.25, -0.2) is 0 Å². The zero-order chi connectivity index (χ0) is 17.6. The normalized spacial score (nSPS) is 13.2. The van der Waals surface area contributed by atoms with E-state index in [0.717, 1.165) is 22.7 Å². The van der Waals surface area contributed by atoms with Crippen molar-refractivity contribution in [2.24, 2.45) is 0 Å². The van der Waals surface area contributed by atoms with Crippen LogP contribution in [0.3, 0.4) is 0 Å². The first-order chi connectivity index (χ1) is 12.1. The summed E-state index contributed by atoms with van der Waals surface area (Å²) < 4.78 is 0. The van der Waals surface area contributed by atoms with Crippen LogP contribution in [0.5, 0.6) is 0 Å². The Morgan fingerprint density at radius 3 is 2.44 bits per heavy atom. The molecule has 1 aromatic heterocycles. The third-order valence-corrected chi connectivity index (χ3v) is 5.00. The number of amides is 1. The van der Waals surface area contributed by atoms with Crippen LogP contribution in [0.25, 0.3) is 0 Å². The highest BCUT2D eigenvalue weighted by Crippen LogP contribution is 2.15. The highest BCUT2D eigenvalue weighted by Gasteiger charge is 2.29. The topological polar surface area (TPSA) is 33.5 Å². The number of nitrogens with one attached hydrogen (secondary N) is 2. The van der Waals surface area contributed by atoms with E-state index in [4.69, 9.17) is 0 Å². The molecule has 2 aromatic carbocycles. The Balaban J connectivity index is 1.82. The number of rotatable bonds is 6. The number of carbonyl (C=O) groups is 1. The number of carbonyl (C=O) groups excluding carboxylic acids is 1. The molecule has 0 saturated heterocycles. The van der Waals surface area contributed by atoms with Crippen molar-refractivity contribution in [1.82, 2.24) is 0 Å². The van der Waals surface area contributed by atoms with Gasteiger partial charge in [0.1, 0.15) is 6.54 Å². The minimum atomic E-state index is -0.262. The van der Waals surface area contributed by atoms with E-state index in [1.54, 1.807) is 11.3 Å². The number of benzene rings is 2. The van der Waals surface area contributed by atoms with E-state index in [2.05, 4.69) is 29.2 Å². The van der Waals surface area contributed by atoms with Gasteiger partial charge in [0, 0.05) is 16.8 Å². The highest BCUT2D eigenvalue weighted by molar-refractivity contribution is 7.07. The van der Waals surface area contributed by atoms with Gasteiger partial charge in [-0.2, -0.15) is 11.3 Å². The predicted octanol–water partition coefficient (Wildman–Crippen LogP) is 3.45. The van der Waals surface area contributed by atoms with Gasteiger partial charge in [-0.3, -0.25) is 4.79 Å². The summed E-state index contributed by atoms with van der Waals surface area (Å²) in [6, 6.07) is 19.8. The van der Waals surface area contributed by atoms with E-state index >= 15 is 0 Å². The van der Waals surface area contributed by atoms with E-state index in [0.29, 0.717) is 0 Å². The number of hydrogen-bond acceptors (Lipinski definition) is 2. The molecule has 0 fully saturated rings. The molecule has 0 bridgehead atoms. The van der Waals surface area contributed by atoms with Crippen LogP contribution >= 0.6 is 11.3 Å². The Hall–Kier alpha value is -2.43. The van der Waals surface area contributed by atoms with Crippen LogP contribution in [0.4, 0.5) is 5.69 Å². The Morgan fingerprint density at radius 2 is 1.80 bits per heavy atom. The molecule has 1 amide bonds. The van der Waals surface area contributed by atoms with Gasteiger partial charge in [0.05, 0.1) is 7.05 Å². The summed E-state index contributed by atoms with van der Waals surface area (Å²) in [4.78, 5) is 14.2. The first kappa shape index (κ1) is 17.4. The fourth-order valence-corrected chi connectivity index (χ4v) is 3.64. The van der Waals surface area contributed by atoms with Crippen LogP contribution in [0.15, 0.2) is 71.4 Å². The first-order valence-corrected chi connectivity index (χ1v) is 9.33. The summed E-state index contributed by atoms with van der Waals surface area (Å²) in [5.74, 6) is 0.0165. The minimum absolute atomic E-state index is 0.0165. The second-order valence-electron chi connectivity index (χ2n) is 6.35. The lowest BCUT2D eigenvalue weighted by atomic mass is 10.0. The van der Waals surface area contributed by atoms with E-state index in [-0.39, 0.29) is 11.9 Å². The smallest absolute Gasteiger partial charge is 0.287 e. The van der Waals surface area contributed by atoms with Gasteiger partial charge in [-0.15, -0.1) is 0 Å². The van der Waals surface area contributed by atoms with Gasteiger partial charge in [0.2, 0.25) is 0 Å². The zero-order valence-electron chi connectivity index (χ0n) is 14.5. The van der Waals surface area contributed by atoms with Gasteiger partial charge < -0.3 is 10.2 Å². The number of likely N-dealkylation sites (N-methyl/N-ethyl adjacent to an activating group) is 1. The molecule has 2 atom stereocenters. The van der Waals surface area contributed by atoms with Crippen molar-refractivity contribution in [2.75, 3.05) is 12.4 Å². The van der Waals surface area contributed by atoms with Gasteiger partial charge in [-0.1, -0.05) is 48.0 Å². The maximum atomic E-state index is 13.0. The molecule has 0 aliphatic heterocycles. The number of quaternary nitrogens is 1. The molecule has 0 aliphatic carbocycles. The van der Waals surface area contributed by atoms with Crippen molar-refractivity contribution in [3.8, 4) is 0 Å². The summed E-state index contributed by atoms with van der Waals surface area (Å²) in [6.07, 6.45) is 0. The molecular weight excluding hydrogens is 328 g/mol. The molecule has 3 rings (SSSR count). The van der Waals surface area contributed by atoms with Crippen LogP contribution in [0.2, 0.25) is 0 Å². The minimum Gasteiger partial charge on any atom is -0.321 e. The highest BCUT2D eigenvalue weighted by atomic mass is 32.1. The third-order valence-electron chi connectivity index (χ3n) is 4.27.